The summed E-state index contributed by atoms with van der Waals surface area (Å²) in [4.78, 5) is 19.0. The number of nitrogens with one attached hydrogen (secondary N) is 1. The van der Waals surface area contributed by atoms with E-state index in [1.54, 1.807) is 24.3 Å². The molecule has 4 rings (SSSR count). The molecular weight excluding hydrogens is 348 g/mol. The van der Waals surface area contributed by atoms with Crippen molar-refractivity contribution in [1.29, 1.82) is 0 Å². The summed E-state index contributed by atoms with van der Waals surface area (Å²) >= 11 is 0. The maximum Gasteiger partial charge on any atom is 0.335 e. The summed E-state index contributed by atoms with van der Waals surface area (Å²) in [6, 6.07) is 21.7. The van der Waals surface area contributed by atoms with Crippen LogP contribution in [0.3, 0.4) is 0 Å². The van der Waals surface area contributed by atoms with E-state index in [4.69, 9.17) is 5.11 Å². The number of rotatable bonds is 6. The van der Waals surface area contributed by atoms with Crippen LogP contribution in [0.5, 0.6) is 0 Å². The number of unbranched alkanes of at least 4 members (excludes halogenated alkanes) is 1. The van der Waals surface area contributed by atoms with E-state index >= 15 is 0 Å². The minimum atomic E-state index is -0.929. The molecule has 4 heteroatoms. The molecule has 4 aromatic rings. The quantitative estimate of drug-likeness (QED) is 0.441. The standard InChI is InChI=1S/C24H22N2O2/c1-2-3-4-16-5-7-17(8-6-16)20-13-14-21-22(15-20)26-23(25-21)18-9-11-19(12-10-18)24(27)28/h5-15H,2-4H2,1H3,(H,25,26)(H,27,28). The summed E-state index contributed by atoms with van der Waals surface area (Å²) in [5.74, 6) is -0.194. The molecule has 0 saturated heterocycles. The largest absolute Gasteiger partial charge is 0.478 e. The third-order valence-electron chi connectivity index (χ3n) is 4.99. The monoisotopic (exact) mass is 370 g/mol. The number of imidazole rings is 1. The van der Waals surface area contributed by atoms with Crippen molar-refractivity contribution < 1.29 is 9.90 Å². The van der Waals surface area contributed by atoms with Crippen molar-refractivity contribution in [2.75, 3.05) is 0 Å². The molecule has 0 amide bonds. The zero-order chi connectivity index (χ0) is 19.5. The lowest BCUT2D eigenvalue weighted by Gasteiger charge is -2.04. The topological polar surface area (TPSA) is 66.0 Å². The summed E-state index contributed by atoms with van der Waals surface area (Å²) in [7, 11) is 0. The van der Waals surface area contributed by atoms with E-state index < -0.39 is 5.97 Å². The number of aromatic nitrogens is 2. The minimum absolute atomic E-state index is 0.268. The molecule has 0 saturated carbocycles. The van der Waals surface area contributed by atoms with Crippen molar-refractivity contribution in [2.45, 2.75) is 26.2 Å². The van der Waals surface area contributed by atoms with Crippen molar-refractivity contribution in [1.82, 2.24) is 9.97 Å². The van der Waals surface area contributed by atoms with Crippen LogP contribution >= 0.6 is 0 Å². The van der Waals surface area contributed by atoms with E-state index in [0.29, 0.717) is 0 Å². The number of nitrogens with zero attached hydrogens (tertiary/aromatic N) is 1. The Morgan fingerprint density at radius 2 is 1.61 bits per heavy atom. The van der Waals surface area contributed by atoms with Gasteiger partial charge in [-0.1, -0.05) is 55.8 Å². The van der Waals surface area contributed by atoms with E-state index in [2.05, 4.69) is 53.3 Å². The predicted octanol–water partition coefficient (Wildman–Crippen LogP) is 5.94. The Labute approximate surface area is 163 Å². The van der Waals surface area contributed by atoms with Gasteiger partial charge in [0.15, 0.2) is 0 Å². The highest BCUT2D eigenvalue weighted by Crippen LogP contribution is 2.26. The molecule has 0 unspecified atom stereocenters. The second-order valence-electron chi connectivity index (χ2n) is 7.00. The summed E-state index contributed by atoms with van der Waals surface area (Å²) in [5.41, 5.74) is 6.69. The van der Waals surface area contributed by atoms with Gasteiger partial charge < -0.3 is 10.1 Å². The van der Waals surface area contributed by atoms with Gasteiger partial charge in [0.05, 0.1) is 16.6 Å². The fraction of sp³-hybridized carbons (Fsp3) is 0.167. The van der Waals surface area contributed by atoms with Crippen LogP contribution in [0.4, 0.5) is 0 Å². The lowest BCUT2D eigenvalue weighted by atomic mass is 10.0. The highest BCUT2D eigenvalue weighted by atomic mass is 16.4. The number of aromatic amines is 1. The molecule has 1 heterocycles. The second-order valence-corrected chi connectivity index (χ2v) is 7.00. The van der Waals surface area contributed by atoms with Crippen LogP contribution in [-0.4, -0.2) is 21.0 Å². The molecule has 0 aliphatic rings. The first-order valence-electron chi connectivity index (χ1n) is 9.57. The number of aromatic carboxylic acids is 1. The van der Waals surface area contributed by atoms with Crippen LogP contribution in [0.2, 0.25) is 0 Å². The number of hydrogen-bond acceptors (Lipinski definition) is 2. The Kier molecular flexibility index (Phi) is 4.94. The van der Waals surface area contributed by atoms with Crippen molar-refractivity contribution >= 4 is 17.0 Å². The van der Waals surface area contributed by atoms with Crippen molar-refractivity contribution in [2.24, 2.45) is 0 Å². The van der Waals surface area contributed by atoms with Crippen LogP contribution < -0.4 is 0 Å². The Hall–Kier alpha value is -3.40. The maximum absolute atomic E-state index is 11.0. The molecule has 0 aliphatic carbocycles. The molecule has 28 heavy (non-hydrogen) atoms. The van der Waals surface area contributed by atoms with Gasteiger partial charge in [-0.3, -0.25) is 0 Å². The molecule has 0 spiro atoms. The smallest absolute Gasteiger partial charge is 0.335 e. The van der Waals surface area contributed by atoms with Gasteiger partial charge in [-0.05, 0) is 53.8 Å². The average molecular weight is 370 g/mol. The molecule has 2 N–H and O–H groups in total. The summed E-state index contributed by atoms with van der Waals surface area (Å²) in [5, 5.41) is 9.04. The number of fused-ring (bicyclic) bond motifs is 1. The van der Waals surface area contributed by atoms with Gasteiger partial charge in [-0.15, -0.1) is 0 Å². The number of carbonyl (C=O) groups is 1. The van der Waals surface area contributed by atoms with E-state index in [-0.39, 0.29) is 5.56 Å². The average Bonchev–Trinajstić information content (AvgIpc) is 3.16. The molecule has 0 atom stereocenters. The van der Waals surface area contributed by atoms with Crippen molar-refractivity contribution in [3.63, 3.8) is 0 Å². The van der Waals surface area contributed by atoms with Crippen LogP contribution in [0.1, 0.15) is 35.7 Å². The molecule has 1 aromatic heterocycles. The summed E-state index contributed by atoms with van der Waals surface area (Å²) in [6.45, 7) is 2.21. The van der Waals surface area contributed by atoms with Gasteiger partial charge in [-0.2, -0.15) is 0 Å². The molecule has 0 aliphatic heterocycles. The van der Waals surface area contributed by atoms with Crippen LogP contribution in [0, 0.1) is 0 Å². The molecule has 140 valence electrons. The van der Waals surface area contributed by atoms with Crippen molar-refractivity contribution in [3.8, 4) is 22.5 Å². The zero-order valence-electron chi connectivity index (χ0n) is 15.8. The van der Waals surface area contributed by atoms with E-state index in [1.807, 2.05) is 6.07 Å². The lowest BCUT2D eigenvalue weighted by molar-refractivity contribution is 0.0697. The van der Waals surface area contributed by atoms with Crippen LogP contribution in [0.15, 0.2) is 66.7 Å². The Balaban J connectivity index is 1.62. The predicted molar refractivity (Wildman–Crippen MR) is 113 cm³/mol. The van der Waals surface area contributed by atoms with E-state index in [0.717, 1.165) is 34.4 Å². The number of H-pyrrole nitrogens is 1. The van der Waals surface area contributed by atoms with E-state index in [1.165, 1.54) is 24.0 Å². The molecule has 4 nitrogen and oxygen atoms in total. The van der Waals surface area contributed by atoms with Gasteiger partial charge in [0, 0.05) is 5.56 Å². The molecule has 0 bridgehead atoms. The number of hydrogen-bond donors (Lipinski definition) is 2. The van der Waals surface area contributed by atoms with Gasteiger partial charge >= 0.3 is 5.97 Å². The Bertz CT molecular complexity index is 1110. The summed E-state index contributed by atoms with van der Waals surface area (Å²) < 4.78 is 0. The minimum Gasteiger partial charge on any atom is -0.478 e. The third-order valence-corrected chi connectivity index (χ3v) is 4.99. The third kappa shape index (κ3) is 3.67. The number of benzene rings is 3. The number of carboxylic acids is 1. The Morgan fingerprint density at radius 1 is 0.929 bits per heavy atom. The number of aryl methyl sites for hydroxylation is 1. The van der Waals surface area contributed by atoms with Gasteiger partial charge in [0.25, 0.3) is 0 Å². The van der Waals surface area contributed by atoms with Gasteiger partial charge in [0.2, 0.25) is 0 Å². The van der Waals surface area contributed by atoms with Gasteiger partial charge in [-0.25, -0.2) is 9.78 Å². The first-order chi connectivity index (χ1) is 13.6. The molecule has 0 fully saturated rings. The molecule has 0 radical (unpaired) electrons. The highest BCUT2D eigenvalue weighted by Gasteiger charge is 2.09. The van der Waals surface area contributed by atoms with E-state index in [9.17, 15) is 4.79 Å². The summed E-state index contributed by atoms with van der Waals surface area (Å²) in [6.07, 6.45) is 3.55. The normalized spacial score (nSPS) is 11.0. The molecule has 3 aromatic carbocycles. The molecular formula is C24H22N2O2. The second kappa shape index (κ2) is 7.69. The Morgan fingerprint density at radius 3 is 2.29 bits per heavy atom. The van der Waals surface area contributed by atoms with Crippen LogP contribution in [0.25, 0.3) is 33.5 Å². The van der Waals surface area contributed by atoms with Crippen LogP contribution in [-0.2, 0) is 6.42 Å². The fourth-order valence-corrected chi connectivity index (χ4v) is 3.34. The van der Waals surface area contributed by atoms with Crippen molar-refractivity contribution in [3.05, 3.63) is 77.9 Å². The SMILES string of the molecule is CCCCc1ccc(-c2ccc3nc(-c4ccc(C(=O)O)cc4)[nH]c3c2)cc1. The first kappa shape index (κ1) is 18.0. The lowest BCUT2D eigenvalue weighted by Crippen LogP contribution is -1.95. The highest BCUT2D eigenvalue weighted by molar-refractivity contribution is 5.89. The zero-order valence-corrected chi connectivity index (χ0v) is 15.8. The van der Waals surface area contributed by atoms with Gasteiger partial charge in [0.1, 0.15) is 5.82 Å². The fourth-order valence-electron chi connectivity index (χ4n) is 3.34. The first-order valence-corrected chi connectivity index (χ1v) is 9.57. The maximum atomic E-state index is 11.0. The number of carboxylic acid groups (broad SMARTS) is 1.